The summed E-state index contributed by atoms with van der Waals surface area (Å²) in [7, 11) is 1.61. The van der Waals surface area contributed by atoms with E-state index in [1.807, 2.05) is 82.3 Å². The Bertz CT molecular complexity index is 3430. The van der Waals surface area contributed by atoms with Gasteiger partial charge in [0.2, 0.25) is 5.91 Å². The van der Waals surface area contributed by atoms with Crippen molar-refractivity contribution in [2.24, 2.45) is 4.99 Å². The Balaban J connectivity index is 0.680. The Morgan fingerprint density at radius 2 is 1.61 bits per heavy atom. The topological polar surface area (TPSA) is 201 Å². The SMILES string of the molecule is COc1cc2c(cc1-c1c(C)coc1C)ncc1c2n([C@H](C)c2ccccn2)c(=O)n1CC(=O)NCCOCCOCCOCCOCCCC(=O)C[C@@H]1N=C(c2ccc(Cl)cc2)c2c(sc(C)c2C)-n2c(C)nnc21. The van der Waals surface area contributed by atoms with Gasteiger partial charge in [-0.05, 0) is 95.5 Å². The normalized spacial score (nSPS) is 13.7. The molecule has 0 saturated heterocycles. The molecular weight excluding hydrogens is 1010 g/mol. The molecule has 7 heterocycles. The molecule has 1 amide bonds. The van der Waals surface area contributed by atoms with Crippen LogP contribution in [-0.2, 0) is 35.1 Å². The maximum atomic E-state index is 14.3. The predicted molar refractivity (Wildman–Crippen MR) is 292 cm³/mol. The number of rotatable bonds is 25. The van der Waals surface area contributed by atoms with Crippen LogP contribution in [0.5, 0.6) is 5.75 Å². The van der Waals surface area contributed by atoms with Crippen molar-refractivity contribution in [3.05, 3.63) is 139 Å². The fourth-order valence-corrected chi connectivity index (χ4v) is 11.0. The number of benzene rings is 2. The second kappa shape index (κ2) is 24.4. The van der Waals surface area contributed by atoms with Gasteiger partial charge in [0.05, 0.1) is 99.8 Å². The number of aromatic nitrogens is 7. The van der Waals surface area contributed by atoms with Gasteiger partial charge in [0.1, 0.15) is 40.7 Å². The largest absolute Gasteiger partial charge is 0.496 e. The molecule has 9 rings (SSSR count). The molecule has 0 radical (unpaired) electrons. The highest BCUT2D eigenvalue weighted by atomic mass is 35.5. The van der Waals surface area contributed by atoms with Gasteiger partial charge >= 0.3 is 5.69 Å². The number of thiophene rings is 1. The van der Waals surface area contributed by atoms with Gasteiger partial charge < -0.3 is 33.4 Å². The second-order valence-electron chi connectivity index (χ2n) is 18.6. The van der Waals surface area contributed by atoms with Gasteiger partial charge in [-0.15, -0.1) is 21.5 Å². The van der Waals surface area contributed by atoms with Crippen LogP contribution in [0.15, 0.2) is 87.5 Å². The maximum absolute atomic E-state index is 14.3. The van der Waals surface area contributed by atoms with Crippen molar-refractivity contribution in [3.8, 4) is 21.9 Å². The molecule has 76 heavy (non-hydrogen) atoms. The van der Waals surface area contributed by atoms with E-state index in [1.165, 1.54) is 9.44 Å². The number of hydrogen-bond acceptors (Lipinski definition) is 15. The zero-order valence-electron chi connectivity index (χ0n) is 43.8. The predicted octanol–water partition coefficient (Wildman–Crippen LogP) is 8.98. The van der Waals surface area contributed by atoms with Crippen molar-refractivity contribution in [1.82, 2.24) is 39.2 Å². The van der Waals surface area contributed by atoms with Crippen molar-refractivity contribution in [2.75, 3.05) is 66.5 Å². The summed E-state index contributed by atoms with van der Waals surface area (Å²) < 4.78 is 39.5. The van der Waals surface area contributed by atoms with Crippen molar-refractivity contribution < 1.29 is 37.7 Å². The molecule has 1 aliphatic rings. The zero-order chi connectivity index (χ0) is 53.5. The number of methoxy groups -OCH3 is 1. The number of hydrogen-bond donors (Lipinski definition) is 1. The minimum absolute atomic E-state index is 0.0718. The highest BCUT2D eigenvalue weighted by Crippen LogP contribution is 2.42. The van der Waals surface area contributed by atoms with Gasteiger partial charge in [0.25, 0.3) is 0 Å². The van der Waals surface area contributed by atoms with Gasteiger partial charge in [-0.3, -0.25) is 38.3 Å². The lowest BCUT2D eigenvalue weighted by atomic mass is 9.99. The van der Waals surface area contributed by atoms with E-state index in [-0.39, 0.29) is 43.5 Å². The summed E-state index contributed by atoms with van der Waals surface area (Å²) in [5.41, 5.74) is 8.72. The van der Waals surface area contributed by atoms with Gasteiger partial charge in [-0.2, -0.15) is 0 Å². The fourth-order valence-electron chi connectivity index (χ4n) is 9.63. The Kier molecular flexibility index (Phi) is 17.3. The Morgan fingerprint density at radius 3 is 2.29 bits per heavy atom. The lowest BCUT2D eigenvalue weighted by molar-refractivity contribution is -0.122. The Morgan fingerprint density at radius 1 is 0.882 bits per heavy atom. The highest BCUT2D eigenvalue weighted by Gasteiger charge is 2.33. The van der Waals surface area contributed by atoms with Crippen molar-refractivity contribution in [1.29, 1.82) is 0 Å². The molecular formula is C56H62ClN9O9S. The third-order valence-electron chi connectivity index (χ3n) is 13.6. The second-order valence-corrected chi connectivity index (χ2v) is 20.3. The number of furan rings is 1. The number of carbonyl (C=O) groups is 2. The monoisotopic (exact) mass is 1070 g/mol. The number of aryl methyl sites for hydroxylation is 4. The van der Waals surface area contributed by atoms with E-state index in [4.69, 9.17) is 49.7 Å². The van der Waals surface area contributed by atoms with Crippen molar-refractivity contribution in [2.45, 2.75) is 79.4 Å². The van der Waals surface area contributed by atoms with Crippen LogP contribution in [0.2, 0.25) is 5.02 Å². The van der Waals surface area contributed by atoms with E-state index in [0.717, 1.165) is 55.7 Å². The number of ether oxygens (including phenoxy) is 5. The number of nitrogens with one attached hydrogen (secondary N) is 1. The first-order chi connectivity index (χ1) is 36.8. The third-order valence-corrected chi connectivity index (χ3v) is 15.0. The number of nitrogens with zero attached hydrogens (tertiary/aromatic N) is 8. The van der Waals surface area contributed by atoms with E-state index < -0.39 is 12.1 Å². The van der Waals surface area contributed by atoms with Crippen LogP contribution in [0.1, 0.15) is 88.5 Å². The van der Waals surface area contributed by atoms with Gasteiger partial charge in [0.15, 0.2) is 5.82 Å². The number of carbonyl (C=O) groups excluding carboxylic acids is 2. The van der Waals surface area contributed by atoms with Crippen LogP contribution >= 0.6 is 22.9 Å². The Labute approximate surface area is 449 Å². The summed E-state index contributed by atoms with van der Waals surface area (Å²) in [6.07, 6.45) is 6.16. The minimum Gasteiger partial charge on any atom is -0.496 e. The summed E-state index contributed by atoms with van der Waals surface area (Å²) in [4.78, 5) is 56.8. The smallest absolute Gasteiger partial charge is 0.330 e. The summed E-state index contributed by atoms with van der Waals surface area (Å²) in [6, 6.07) is 16.1. The molecule has 18 nitrogen and oxygen atoms in total. The first kappa shape index (κ1) is 53.9. The number of aliphatic imine (C=N–C) groups is 1. The number of ketones is 1. The quantitative estimate of drug-likeness (QED) is 0.0532. The lowest BCUT2D eigenvalue weighted by Gasteiger charge is -2.15. The molecule has 1 N–H and O–H groups in total. The average Bonchev–Trinajstić information content (AvgIpc) is 4.13. The molecule has 0 saturated carbocycles. The van der Waals surface area contributed by atoms with E-state index in [1.54, 1.807) is 41.7 Å². The standard InChI is InChI=1S/C56H62ClN9O9S/c1-33-32-75-36(4)50(33)43-28-45-42(29-48(43)70-7)53-47(30-60-45)64(56(69)65(53)35(3)44-12-8-9-17-58-44)31-49(68)59-18-20-72-22-24-74-26-25-73-23-21-71-19-10-11-41(67)27-46-54-63-62-38(6)66(54)55-51(34(2)37(5)76-55)52(61-46)39-13-15-40(57)16-14-39/h8-9,12-17,28-30,32,35,46H,10-11,18-27,31H2,1-7H3,(H,59,68)/t35-,46+/m1/s1. The van der Waals surface area contributed by atoms with E-state index in [0.29, 0.717) is 103 Å². The van der Waals surface area contributed by atoms with Crippen LogP contribution in [0.3, 0.4) is 0 Å². The number of imidazole rings is 1. The van der Waals surface area contributed by atoms with Gasteiger partial charge in [-0.25, -0.2) is 4.79 Å². The number of fused-ring (bicyclic) bond motifs is 6. The number of pyridine rings is 2. The minimum atomic E-state index is -0.499. The number of halogens is 1. The maximum Gasteiger partial charge on any atom is 0.330 e. The third kappa shape index (κ3) is 11.6. The van der Waals surface area contributed by atoms with Gasteiger partial charge in [0, 0.05) is 69.7 Å². The van der Waals surface area contributed by atoms with Crippen molar-refractivity contribution >= 4 is 62.3 Å². The molecule has 20 heteroatoms. The molecule has 0 aliphatic carbocycles. The lowest BCUT2D eigenvalue weighted by Crippen LogP contribution is -2.35. The highest BCUT2D eigenvalue weighted by molar-refractivity contribution is 7.15. The summed E-state index contributed by atoms with van der Waals surface area (Å²) in [5, 5.41) is 14.1. The molecule has 0 spiro atoms. The van der Waals surface area contributed by atoms with Crippen LogP contribution in [0, 0.1) is 34.6 Å². The van der Waals surface area contributed by atoms with Gasteiger partial charge in [-0.1, -0.05) is 29.8 Å². The molecule has 2 aromatic carbocycles. The van der Waals surface area contributed by atoms with E-state index in [9.17, 15) is 14.4 Å². The molecule has 2 atom stereocenters. The molecule has 0 unspecified atom stereocenters. The molecule has 8 aromatic rings. The fraction of sp³-hybridized carbons (Fsp3) is 0.393. The summed E-state index contributed by atoms with van der Waals surface area (Å²) in [5.74, 6) is 2.48. The summed E-state index contributed by atoms with van der Waals surface area (Å²) >= 11 is 7.93. The zero-order valence-corrected chi connectivity index (χ0v) is 45.4. The number of Topliss-reactive ketones (excluding diaryl/α,β-unsaturated/α-hetero) is 1. The molecule has 6 aromatic heterocycles. The van der Waals surface area contributed by atoms with Crippen LogP contribution in [-0.4, -0.2) is 118 Å². The van der Waals surface area contributed by atoms with Crippen LogP contribution in [0.4, 0.5) is 0 Å². The molecule has 1 aliphatic heterocycles. The van der Waals surface area contributed by atoms with E-state index in [2.05, 4.69) is 38.9 Å². The summed E-state index contributed by atoms with van der Waals surface area (Å²) in [6.45, 7) is 14.8. The molecule has 0 bridgehead atoms. The van der Waals surface area contributed by atoms with E-state index >= 15 is 0 Å². The van der Waals surface area contributed by atoms with Crippen LogP contribution < -0.4 is 15.7 Å². The average molecular weight is 1070 g/mol. The number of amides is 1. The van der Waals surface area contributed by atoms with Crippen molar-refractivity contribution in [3.63, 3.8) is 0 Å². The molecule has 398 valence electrons. The first-order valence-electron chi connectivity index (χ1n) is 25.4. The van der Waals surface area contributed by atoms with Crippen LogP contribution in [0.25, 0.3) is 38.1 Å². The first-order valence-corrected chi connectivity index (χ1v) is 26.6. The molecule has 0 fully saturated rings. The Hall–Kier alpha value is -6.87.